The van der Waals surface area contributed by atoms with Crippen molar-refractivity contribution >= 4 is 35.4 Å². The quantitative estimate of drug-likeness (QED) is 0.221. The van der Waals surface area contributed by atoms with Crippen LogP contribution < -0.4 is 15.2 Å². The molecule has 2 aliphatic rings. The Kier molecular flexibility index (Phi) is 8.81. The lowest BCUT2D eigenvalue weighted by atomic mass is 9.94. The van der Waals surface area contributed by atoms with Gasteiger partial charge in [-0.15, -0.1) is 11.8 Å². The van der Waals surface area contributed by atoms with Gasteiger partial charge in [0.1, 0.15) is 12.7 Å². The third-order valence-electron chi connectivity index (χ3n) is 7.23. The first-order valence-electron chi connectivity index (χ1n) is 13.7. The molecule has 14 heteroatoms. The summed E-state index contributed by atoms with van der Waals surface area (Å²) in [5.41, 5.74) is 1.04. The minimum atomic E-state index is -4.78. The highest BCUT2D eigenvalue weighted by molar-refractivity contribution is 7.98. The Morgan fingerprint density at radius 2 is 1.70 bits per heavy atom. The topological polar surface area (TPSA) is 90.3 Å². The molecule has 2 aromatic carbocycles. The fraction of sp³-hybridized carbons (Fsp3) is 0.367. The van der Waals surface area contributed by atoms with Gasteiger partial charge in [0, 0.05) is 34.9 Å². The van der Waals surface area contributed by atoms with Crippen LogP contribution >= 0.6 is 23.4 Å². The maximum absolute atomic E-state index is 14.2. The van der Waals surface area contributed by atoms with E-state index in [-0.39, 0.29) is 0 Å². The molecule has 0 aliphatic carbocycles. The first-order valence-corrected chi connectivity index (χ1v) is 15.1. The van der Waals surface area contributed by atoms with Crippen molar-refractivity contribution in [1.82, 2.24) is 9.58 Å². The van der Waals surface area contributed by atoms with E-state index in [0.29, 0.717) is 15.7 Å². The molecule has 0 saturated carbocycles. The molecule has 0 spiro atoms. The third kappa shape index (κ3) is 6.07. The van der Waals surface area contributed by atoms with E-state index in [1.54, 1.807) is 31.0 Å². The number of carbonyl (C=O) groups is 2. The Labute approximate surface area is 260 Å². The van der Waals surface area contributed by atoms with Gasteiger partial charge in [0.25, 0.3) is 5.91 Å². The minimum Gasteiger partial charge on any atom is -0.448 e. The zero-order valence-electron chi connectivity index (χ0n) is 24.1. The van der Waals surface area contributed by atoms with E-state index in [1.807, 2.05) is 30.3 Å². The van der Waals surface area contributed by atoms with Crippen LogP contribution in [0.1, 0.15) is 60.9 Å². The van der Waals surface area contributed by atoms with Gasteiger partial charge in [0.15, 0.2) is 5.69 Å². The summed E-state index contributed by atoms with van der Waals surface area (Å²) in [4.78, 5) is 40.6. The summed E-state index contributed by atoms with van der Waals surface area (Å²) in [6, 6.07) is 11.0. The summed E-state index contributed by atoms with van der Waals surface area (Å²) < 4.78 is 59.6. The maximum atomic E-state index is 14.2. The van der Waals surface area contributed by atoms with Crippen molar-refractivity contribution in [1.29, 1.82) is 0 Å². The molecule has 0 N–H and O–H groups in total. The van der Waals surface area contributed by atoms with E-state index in [4.69, 9.17) is 25.8 Å². The Bertz CT molecular complexity index is 1650. The second kappa shape index (κ2) is 12.3. The van der Waals surface area contributed by atoms with Crippen molar-refractivity contribution in [3.63, 3.8) is 0 Å². The van der Waals surface area contributed by atoms with E-state index in [9.17, 15) is 27.6 Å². The van der Waals surface area contributed by atoms with E-state index >= 15 is 0 Å². The Hall–Kier alpha value is -3.84. The molecule has 234 valence electrons. The number of pyridine rings is 1. The molecular weight excluding hydrogens is 623 g/mol. The lowest BCUT2D eigenvalue weighted by Crippen LogP contribution is -2.60. The van der Waals surface area contributed by atoms with Gasteiger partial charge in [0.05, 0.1) is 12.1 Å². The molecule has 0 saturated heterocycles. The van der Waals surface area contributed by atoms with Crippen LogP contribution in [0.5, 0.6) is 5.75 Å². The molecule has 5 rings (SSSR count). The van der Waals surface area contributed by atoms with Gasteiger partial charge in [-0.05, 0) is 49.6 Å². The molecule has 44 heavy (non-hydrogen) atoms. The molecule has 3 atom stereocenters. The Morgan fingerprint density at radius 1 is 1.00 bits per heavy atom. The zero-order valence-corrected chi connectivity index (χ0v) is 25.7. The Balaban J connectivity index is 1.70. The average molecular weight is 652 g/mol. The number of fused-ring (bicyclic) bond motifs is 3. The van der Waals surface area contributed by atoms with Crippen LogP contribution in [0.25, 0.3) is 0 Å². The average Bonchev–Trinajstić information content (AvgIpc) is 3.11. The van der Waals surface area contributed by atoms with Crippen LogP contribution in [0.4, 0.5) is 18.0 Å². The number of carbonyl (C=O) groups excluding carboxylic acids is 2. The summed E-state index contributed by atoms with van der Waals surface area (Å²) in [6.45, 7) is 4.89. The molecule has 0 fully saturated rings. The highest BCUT2D eigenvalue weighted by Crippen LogP contribution is 2.45. The van der Waals surface area contributed by atoms with E-state index in [1.165, 1.54) is 29.6 Å². The number of benzene rings is 2. The molecule has 1 unspecified atom stereocenters. The summed E-state index contributed by atoms with van der Waals surface area (Å²) in [5.74, 6) is -1.16. The molecule has 3 aromatic rings. The van der Waals surface area contributed by atoms with Crippen molar-refractivity contribution in [2.75, 3.05) is 11.7 Å². The molecule has 2 aliphatic heterocycles. The van der Waals surface area contributed by atoms with E-state index in [2.05, 4.69) is 0 Å². The van der Waals surface area contributed by atoms with Crippen LogP contribution in [-0.2, 0) is 15.2 Å². The lowest BCUT2D eigenvalue weighted by molar-refractivity contribution is -0.173. The van der Waals surface area contributed by atoms with Crippen LogP contribution in [0, 0.1) is 0 Å². The molecule has 1 amide bonds. The standard InChI is InChI=1S/C30H29ClF3N3O6S/c1-16(2)41-29(40)43-18(4)42-27-23(38)12-13-36-26(27)28(39)35(17(3)30(32,33)34)15-37(36)25-19-9-7-10-22(31)21(19)14-44-24-11-6-5-8-20(24)25/h5-13,16-18,25H,14-15H2,1-4H3/t17-,18?,25+/m1/s1. The molecule has 9 nitrogen and oxygen atoms in total. The first-order chi connectivity index (χ1) is 20.8. The Morgan fingerprint density at radius 3 is 2.41 bits per heavy atom. The zero-order chi connectivity index (χ0) is 31.9. The van der Waals surface area contributed by atoms with Gasteiger partial charge < -0.3 is 19.1 Å². The third-order valence-corrected chi connectivity index (χ3v) is 8.69. The number of amides is 1. The normalized spacial score (nSPS) is 17.7. The van der Waals surface area contributed by atoms with Crippen LogP contribution in [0.3, 0.4) is 0 Å². The fourth-order valence-electron chi connectivity index (χ4n) is 5.14. The van der Waals surface area contributed by atoms with Gasteiger partial charge >= 0.3 is 12.3 Å². The number of halogens is 4. The maximum Gasteiger partial charge on any atom is 0.511 e. The van der Waals surface area contributed by atoms with Gasteiger partial charge in [-0.1, -0.05) is 41.9 Å². The van der Waals surface area contributed by atoms with Gasteiger partial charge in [0.2, 0.25) is 17.5 Å². The number of ether oxygens (including phenoxy) is 3. The molecule has 0 radical (unpaired) electrons. The number of hydrogen-bond acceptors (Lipinski definition) is 8. The van der Waals surface area contributed by atoms with E-state index in [0.717, 1.165) is 34.6 Å². The monoisotopic (exact) mass is 651 g/mol. The van der Waals surface area contributed by atoms with Gasteiger partial charge in [-0.25, -0.2) is 4.79 Å². The molecule has 3 heterocycles. The highest BCUT2D eigenvalue weighted by atomic mass is 35.5. The smallest absolute Gasteiger partial charge is 0.448 e. The van der Waals surface area contributed by atoms with Crippen molar-refractivity contribution in [2.45, 2.75) is 69.0 Å². The predicted molar refractivity (Wildman–Crippen MR) is 158 cm³/mol. The summed E-state index contributed by atoms with van der Waals surface area (Å²) in [7, 11) is 0. The van der Waals surface area contributed by atoms with Gasteiger partial charge in [-0.2, -0.15) is 13.2 Å². The molecule has 1 aromatic heterocycles. The highest BCUT2D eigenvalue weighted by Gasteiger charge is 2.48. The SMILES string of the molecule is CC(C)OC(=O)OC(C)Oc1c2n(ccc1=O)N([C@@H]1c3ccccc3SCc3c(Cl)cccc31)CN([C@H](C)C(F)(F)F)C2=O. The molecule has 0 bridgehead atoms. The van der Waals surface area contributed by atoms with E-state index < -0.39 is 66.3 Å². The number of alkyl halides is 3. The fourth-order valence-corrected chi connectivity index (χ4v) is 6.61. The second-order valence-electron chi connectivity index (χ2n) is 10.5. The number of rotatable bonds is 6. The van der Waals surface area contributed by atoms with Crippen molar-refractivity contribution in [3.05, 3.63) is 92.4 Å². The van der Waals surface area contributed by atoms with Crippen molar-refractivity contribution in [2.24, 2.45) is 0 Å². The number of aromatic nitrogens is 1. The van der Waals surface area contributed by atoms with Crippen molar-refractivity contribution < 1.29 is 37.0 Å². The van der Waals surface area contributed by atoms with Gasteiger partial charge in [-0.3, -0.25) is 19.3 Å². The minimum absolute atomic E-state index is 0.453. The van der Waals surface area contributed by atoms with Crippen molar-refractivity contribution in [3.8, 4) is 5.75 Å². The van der Waals surface area contributed by atoms with Crippen LogP contribution in [0.2, 0.25) is 5.02 Å². The summed E-state index contributed by atoms with van der Waals surface area (Å²) in [6.07, 6.45) is -6.48. The largest absolute Gasteiger partial charge is 0.511 e. The summed E-state index contributed by atoms with van der Waals surface area (Å²) >= 11 is 8.17. The number of hydrogen-bond donors (Lipinski definition) is 0. The lowest BCUT2D eigenvalue weighted by Gasteiger charge is -2.46. The number of nitrogens with zero attached hydrogens (tertiary/aromatic N) is 3. The summed E-state index contributed by atoms with van der Waals surface area (Å²) in [5, 5.41) is 2.06. The van der Waals surface area contributed by atoms with Crippen LogP contribution in [0.15, 0.2) is 64.4 Å². The van der Waals surface area contributed by atoms with Crippen LogP contribution in [-0.4, -0.2) is 52.9 Å². The molecular formula is C30H29ClF3N3O6S. The predicted octanol–water partition coefficient (Wildman–Crippen LogP) is 6.49. The first kappa shape index (κ1) is 31.6. The number of thioether (sulfide) groups is 1. The second-order valence-corrected chi connectivity index (χ2v) is 12.0.